The average molecular weight is 408 g/mol. The van der Waals surface area contributed by atoms with E-state index in [-0.39, 0.29) is 34.4 Å². The van der Waals surface area contributed by atoms with Gasteiger partial charge in [-0.05, 0) is 24.3 Å². The summed E-state index contributed by atoms with van der Waals surface area (Å²) in [5.41, 5.74) is 0. The first-order valence-electron chi connectivity index (χ1n) is 6.66. The van der Waals surface area contributed by atoms with Crippen molar-refractivity contribution in [3.05, 3.63) is 56.5 Å². The van der Waals surface area contributed by atoms with Crippen molar-refractivity contribution < 1.29 is 19.1 Å². The van der Waals surface area contributed by atoms with E-state index in [1.807, 2.05) is 0 Å². The largest absolute Gasteiger partial charge is 0.426 e. The molecule has 0 fully saturated rings. The molecule has 0 aromatic heterocycles. The number of carbonyl (C=O) groups excluding carboxylic acids is 2. The molecule has 0 aliphatic rings. The Morgan fingerprint density at radius 3 is 1.38 bits per heavy atom. The summed E-state index contributed by atoms with van der Waals surface area (Å²) in [5.74, 6) is -0.710. The molecule has 2 rings (SSSR count). The lowest BCUT2D eigenvalue weighted by Gasteiger charge is -2.06. The lowest BCUT2D eigenvalue weighted by molar-refractivity contribution is -0.140. The van der Waals surface area contributed by atoms with Crippen LogP contribution >= 0.6 is 46.4 Å². The predicted octanol–water partition coefficient (Wildman–Crippen LogP) is 5.59. The average Bonchev–Trinajstić information content (AvgIpc) is 2.53. The van der Waals surface area contributed by atoms with E-state index in [0.29, 0.717) is 10.0 Å². The molecular formula is C16H10Cl4O4. The second-order valence-electron chi connectivity index (χ2n) is 4.60. The van der Waals surface area contributed by atoms with Crippen molar-refractivity contribution in [1.29, 1.82) is 0 Å². The highest BCUT2D eigenvalue weighted by atomic mass is 35.5. The monoisotopic (exact) mass is 406 g/mol. The first kappa shape index (κ1) is 18.9. The lowest BCUT2D eigenvalue weighted by Crippen LogP contribution is -2.14. The van der Waals surface area contributed by atoms with Crippen LogP contribution in [0.25, 0.3) is 0 Å². The molecule has 0 spiro atoms. The quantitative estimate of drug-likeness (QED) is 0.478. The molecule has 0 bridgehead atoms. The highest BCUT2D eigenvalue weighted by Crippen LogP contribution is 2.27. The summed E-state index contributed by atoms with van der Waals surface area (Å²) in [4.78, 5) is 23.4. The van der Waals surface area contributed by atoms with Gasteiger partial charge in [0.2, 0.25) is 0 Å². The second kappa shape index (κ2) is 8.58. The van der Waals surface area contributed by atoms with Crippen molar-refractivity contribution in [3.63, 3.8) is 0 Å². The first-order valence-corrected chi connectivity index (χ1v) is 8.18. The molecule has 24 heavy (non-hydrogen) atoms. The van der Waals surface area contributed by atoms with Crippen LogP contribution in [0.2, 0.25) is 20.1 Å². The summed E-state index contributed by atoms with van der Waals surface area (Å²) in [6.07, 6.45) is -0.305. The molecule has 0 amide bonds. The topological polar surface area (TPSA) is 52.6 Å². The van der Waals surface area contributed by atoms with Crippen molar-refractivity contribution >= 4 is 58.3 Å². The fourth-order valence-electron chi connectivity index (χ4n) is 1.65. The van der Waals surface area contributed by atoms with E-state index in [1.165, 1.54) is 36.4 Å². The number of rotatable bonds is 5. The maximum Gasteiger partial charge on any atom is 0.311 e. The number of benzene rings is 2. The minimum absolute atomic E-state index is 0.152. The van der Waals surface area contributed by atoms with Gasteiger partial charge < -0.3 is 9.47 Å². The molecule has 2 aromatic rings. The fourth-order valence-corrected chi connectivity index (χ4v) is 2.23. The van der Waals surface area contributed by atoms with Gasteiger partial charge in [0.25, 0.3) is 0 Å². The minimum Gasteiger partial charge on any atom is -0.426 e. The zero-order chi connectivity index (χ0) is 17.7. The molecule has 0 heterocycles. The fraction of sp³-hybridized carbons (Fsp3) is 0.125. The standard InChI is InChI=1S/C16H10Cl4O4/c17-11-3-1-9(7-13(11)19)23-15(21)5-6-16(22)24-10-2-4-12(18)14(20)8-10/h1-4,7-8H,5-6H2. The minimum atomic E-state index is -0.598. The number of esters is 2. The number of halogens is 4. The molecule has 0 N–H and O–H groups in total. The summed E-state index contributed by atoms with van der Waals surface area (Å²) in [6, 6.07) is 8.84. The van der Waals surface area contributed by atoms with Crippen LogP contribution in [0.15, 0.2) is 36.4 Å². The Bertz CT molecular complexity index is 711. The van der Waals surface area contributed by atoms with Crippen molar-refractivity contribution in [1.82, 2.24) is 0 Å². The van der Waals surface area contributed by atoms with Crippen molar-refractivity contribution in [2.75, 3.05) is 0 Å². The van der Waals surface area contributed by atoms with Crippen LogP contribution in [0.1, 0.15) is 12.8 Å². The Kier molecular flexibility index (Phi) is 6.75. The van der Waals surface area contributed by atoms with Gasteiger partial charge in [0.1, 0.15) is 11.5 Å². The summed E-state index contributed by atoms with van der Waals surface area (Å²) in [5, 5.41) is 1.23. The van der Waals surface area contributed by atoms with Gasteiger partial charge in [-0.15, -0.1) is 0 Å². The van der Waals surface area contributed by atoms with E-state index in [9.17, 15) is 9.59 Å². The summed E-state index contributed by atoms with van der Waals surface area (Å²) < 4.78 is 10.1. The first-order chi connectivity index (χ1) is 11.3. The van der Waals surface area contributed by atoms with Gasteiger partial charge >= 0.3 is 11.9 Å². The van der Waals surface area contributed by atoms with Crippen LogP contribution in [0.3, 0.4) is 0 Å². The molecular weight excluding hydrogens is 398 g/mol. The van der Waals surface area contributed by atoms with E-state index < -0.39 is 11.9 Å². The third kappa shape index (κ3) is 5.56. The Morgan fingerprint density at radius 2 is 1.04 bits per heavy atom. The Morgan fingerprint density at radius 1 is 0.667 bits per heavy atom. The van der Waals surface area contributed by atoms with Crippen LogP contribution in [-0.2, 0) is 9.59 Å². The molecule has 0 saturated heterocycles. The molecule has 0 unspecified atom stereocenters. The Hall–Kier alpha value is -1.46. The molecule has 0 aliphatic heterocycles. The van der Waals surface area contributed by atoms with Crippen LogP contribution in [0.4, 0.5) is 0 Å². The van der Waals surface area contributed by atoms with E-state index in [1.54, 1.807) is 0 Å². The SMILES string of the molecule is O=C(CCC(=O)Oc1ccc(Cl)c(Cl)c1)Oc1ccc(Cl)c(Cl)c1. The Labute approximate surface area is 158 Å². The Balaban J connectivity index is 1.83. The molecule has 2 aromatic carbocycles. The predicted molar refractivity (Wildman–Crippen MR) is 93.4 cm³/mol. The van der Waals surface area contributed by atoms with Crippen LogP contribution < -0.4 is 9.47 Å². The zero-order valence-corrected chi connectivity index (χ0v) is 15.0. The normalized spacial score (nSPS) is 10.3. The molecule has 0 aliphatic carbocycles. The zero-order valence-electron chi connectivity index (χ0n) is 12.0. The number of hydrogen-bond donors (Lipinski definition) is 0. The summed E-state index contributed by atoms with van der Waals surface area (Å²) in [7, 11) is 0. The molecule has 0 atom stereocenters. The van der Waals surface area contributed by atoms with E-state index >= 15 is 0 Å². The summed E-state index contributed by atoms with van der Waals surface area (Å²) in [6.45, 7) is 0. The van der Waals surface area contributed by atoms with E-state index in [2.05, 4.69) is 0 Å². The number of carbonyl (C=O) groups is 2. The highest BCUT2D eigenvalue weighted by molar-refractivity contribution is 6.42. The highest BCUT2D eigenvalue weighted by Gasteiger charge is 2.12. The van der Waals surface area contributed by atoms with Crippen LogP contribution in [-0.4, -0.2) is 11.9 Å². The second-order valence-corrected chi connectivity index (χ2v) is 6.23. The maximum atomic E-state index is 11.7. The molecule has 0 saturated carbocycles. The van der Waals surface area contributed by atoms with Crippen molar-refractivity contribution in [2.45, 2.75) is 12.8 Å². The third-order valence-electron chi connectivity index (χ3n) is 2.78. The summed E-state index contributed by atoms with van der Waals surface area (Å²) >= 11 is 23.2. The van der Waals surface area contributed by atoms with Crippen LogP contribution in [0.5, 0.6) is 11.5 Å². The van der Waals surface area contributed by atoms with Gasteiger partial charge in [-0.3, -0.25) is 9.59 Å². The van der Waals surface area contributed by atoms with Gasteiger partial charge in [0, 0.05) is 12.1 Å². The third-order valence-corrected chi connectivity index (χ3v) is 4.26. The maximum absolute atomic E-state index is 11.7. The number of ether oxygens (including phenoxy) is 2. The van der Waals surface area contributed by atoms with E-state index in [4.69, 9.17) is 55.9 Å². The van der Waals surface area contributed by atoms with Crippen LogP contribution in [0, 0.1) is 0 Å². The van der Waals surface area contributed by atoms with Crippen molar-refractivity contribution in [3.8, 4) is 11.5 Å². The lowest BCUT2D eigenvalue weighted by atomic mass is 10.3. The van der Waals surface area contributed by atoms with Gasteiger partial charge in [-0.25, -0.2) is 0 Å². The molecule has 0 radical (unpaired) electrons. The van der Waals surface area contributed by atoms with Gasteiger partial charge in [-0.2, -0.15) is 0 Å². The van der Waals surface area contributed by atoms with Gasteiger partial charge in [-0.1, -0.05) is 46.4 Å². The molecule has 8 heteroatoms. The van der Waals surface area contributed by atoms with Crippen molar-refractivity contribution in [2.24, 2.45) is 0 Å². The molecule has 4 nitrogen and oxygen atoms in total. The van der Waals surface area contributed by atoms with Gasteiger partial charge in [0.05, 0.1) is 32.9 Å². The smallest absolute Gasteiger partial charge is 0.311 e. The van der Waals surface area contributed by atoms with E-state index in [0.717, 1.165) is 0 Å². The van der Waals surface area contributed by atoms with Gasteiger partial charge in [0.15, 0.2) is 0 Å². The number of hydrogen-bond acceptors (Lipinski definition) is 4. The molecule has 126 valence electrons.